The summed E-state index contributed by atoms with van der Waals surface area (Å²) < 4.78 is 0. The van der Waals surface area contributed by atoms with Crippen LogP contribution in [0.5, 0.6) is 0 Å². The van der Waals surface area contributed by atoms with E-state index in [1.165, 1.54) is 19.3 Å². The Bertz CT molecular complexity index is 619. The smallest absolute Gasteiger partial charge is 1.00 e. The van der Waals surface area contributed by atoms with Crippen LogP contribution in [-0.4, -0.2) is 67.2 Å². The number of carbonyl (C=O) groups is 5. The Morgan fingerprint density at radius 1 is 0.688 bits per heavy atom. The second-order valence-electron chi connectivity index (χ2n) is 7.62. The third-order valence-corrected chi connectivity index (χ3v) is 5.02. The van der Waals surface area contributed by atoms with Gasteiger partial charge in [-0.2, -0.15) is 0 Å². The molecule has 0 heterocycles. The van der Waals surface area contributed by atoms with Gasteiger partial charge in [-0.3, -0.25) is 14.4 Å². The monoisotopic (exact) mass is 469 g/mol. The van der Waals surface area contributed by atoms with Gasteiger partial charge < -0.3 is 26.8 Å². The minimum Gasteiger partial charge on any atom is -1.00 e. The third-order valence-electron chi connectivity index (χ3n) is 5.02. The van der Waals surface area contributed by atoms with E-state index in [0.717, 1.165) is 25.7 Å². The Balaban J connectivity index is -0.00000450. The van der Waals surface area contributed by atoms with Gasteiger partial charge in [-0.1, -0.05) is 58.3 Å². The van der Waals surface area contributed by atoms with Crippen LogP contribution < -0.4 is 29.6 Å². The van der Waals surface area contributed by atoms with Crippen molar-refractivity contribution < 1.29 is 75.4 Å². The summed E-state index contributed by atoms with van der Waals surface area (Å²) in [7, 11) is 0. The third kappa shape index (κ3) is 14.4. The summed E-state index contributed by atoms with van der Waals surface area (Å²) in [6.45, 7) is 2.14. The van der Waals surface area contributed by atoms with Crippen LogP contribution in [0.25, 0.3) is 0 Å². The first kappa shape index (κ1) is 32.5. The molecule has 32 heavy (non-hydrogen) atoms. The van der Waals surface area contributed by atoms with Crippen molar-refractivity contribution in [2.45, 2.75) is 102 Å². The first-order chi connectivity index (χ1) is 14.6. The zero-order valence-electron chi connectivity index (χ0n) is 20.1. The molecule has 0 bridgehead atoms. The molecule has 0 rings (SSSR count). The molecule has 0 saturated heterocycles. The molecule has 0 fully saturated rings. The number of unbranched alkanes of at least 4 members (excludes halogenated alkanes) is 8. The topological polar surface area (TPSA) is 170 Å². The molecule has 0 aromatic rings. The maximum Gasteiger partial charge on any atom is 1.00 e. The summed E-state index contributed by atoms with van der Waals surface area (Å²) in [5.41, 5.74) is 0. The maximum atomic E-state index is 12.7. The van der Waals surface area contributed by atoms with Crippen LogP contribution in [0.4, 0.5) is 0 Å². The molecule has 11 heteroatoms. The summed E-state index contributed by atoms with van der Waals surface area (Å²) in [5.74, 6) is -6.82. The molecule has 0 aromatic heterocycles. The van der Waals surface area contributed by atoms with Gasteiger partial charge in [0.1, 0.15) is 12.1 Å². The molecule has 0 saturated carbocycles. The molecule has 2 atom stereocenters. The summed E-state index contributed by atoms with van der Waals surface area (Å²) in [5, 5.41) is 36.7. The summed E-state index contributed by atoms with van der Waals surface area (Å²) in [6, 6.07) is -3.62. The van der Waals surface area contributed by atoms with Crippen molar-refractivity contribution >= 4 is 29.8 Å². The van der Waals surface area contributed by atoms with Gasteiger partial charge in [0.2, 0.25) is 5.91 Å². The molecule has 0 aliphatic carbocycles. The van der Waals surface area contributed by atoms with Crippen molar-refractivity contribution in [2.75, 3.05) is 0 Å². The van der Waals surface area contributed by atoms with Crippen LogP contribution in [-0.2, 0) is 24.0 Å². The molecule has 10 nitrogen and oxygen atoms in total. The summed E-state index contributed by atoms with van der Waals surface area (Å²) in [4.78, 5) is 58.5. The molecular weight excluding hydrogens is 433 g/mol. The number of aliphatic carboxylic acids is 4. The fraction of sp³-hybridized carbons (Fsp3) is 0.762. The predicted octanol–water partition coefficient (Wildman–Crippen LogP) is 0.0983. The van der Waals surface area contributed by atoms with E-state index in [-0.39, 0.29) is 37.4 Å². The van der Waals surface area contributed by atoms with Crippen LogP contribution >= 0.6 is 0 Å². The van der Waals surface area contributed by atoms with Crippen molar-refractivity contribution in [1.29, 1.82) is 0 Å². The average Bonchev–Trinajstić information content (AvgIpc) is 2.67. The van der Waals surface area contributed by atoms with Gasteiger partial charge in [-0.25, -0.2) is 9.59 Å². The number of carbonyl (C=O) groups excluding carboxylic acids is 1. The Morgan fingerprint density at radius 3 is 1.56 bits per heavy atom. The largest absolute Gasteiger partial charge is 1.00 e. The van der Waals surface area contributed by atoms with Crippen LogP contribution in [0.3, 0.4) is 0 Å². The van der Waals surface area contributed by atoms with E-state index in [4.69, 9.17) is 10.2 Å². The number of carboxylic acids is 4. The van der Waals surface area contributed by atoms with Gasteiger partial charge in [0.05, 0.1) is 6.42 Å². The van der Waals surface area contributed by atoms with E-state index in [1.807, 2.05) is 0 Å². The Kier molecular flexibility index (Phi) is 19.2. The van der Waals surface area contributed by atoms with Gasteiger partial charge in [-0.05, 0) is 12.8 Å². The first-order valence-electron chi connectivity index (χ1n) is 10.8. The SMILES string of the molecule is CCCCCCCCCCCC(=O)N(C(CC(=O)O)C(=O)O)[C@@H](CCC(=O)O)C(=O)O.[H-].[Na+]. The molecule has 1 amide bonds. The zero-order chi connectivity index (χ0) is 23.8. The van der Waals surface area contributed by atoms with E-state index >= 15 is 0 Å². The van der Waals surface area contributed by atoms with E-state index in [0.29, 0.717) is 17.7 Å². The van der Waals surface area contributed by atoms with E-state index in [2.05, 4.69) is 6.92 Å². The predicted molar refractivity (Wildman–Crippen MR) is 112 cm³/mol. The van der Waals surface area contributed by atoms with Gasteiger partial charge >= 0.3 is 53.4 Å². The standard InChI is InChI=1S/C21H35NO9.Na.H/c1-2-3-4-5-6-7-8-9-10-11-17(23)22(16(21(30)31)14-19(26)27)15(20(28)29)12-13-18(24)25;;/h15-16H,2-14H2,1H3,(H,24,25)(H,26,27)(H,28,29)(H,30,31);;/q;+1;-1/t15-,16?;;/m0../s1. The number of hydrogen-bond donors (Lipinski definition) is 4. The molecule has 1 unspecified atom stereocenters. The van der Waals surface area contributed by atoms with Gasteiger partial charge in [0.25, 0.3) is 0 Å². The molecule has 0 radical (unpaired) electrons. The maximum absolute atomic E-state index is 12.7. The number of nitrogens with zero attached hydrogens (tertiary/aromatic N) is 1. The zero-order valence-corrected chi connectivity index (χ0v) is 21.1. The summed E-state index contributed by atoms with van der Waals surface area (Å²) >= 11 is 0. The number of hydrogen-bond acceptors (Lipinski definition) is 5. The normalized spacial score (nSPS) is 12.3. The quantitative estimate of drug-likeness (QED) is 0.151. The summed E-state index contributed by atoms with van der Waals surface area (Å²) in [6.07, 6.45) is 6.60. The molecule has 0 aliphatic heterocycles. The fourth-order valence-electron chi connectivity index (χ4n) is 3.39. The minimum atomic E-state index is -1.89. The molecule has 0 aromatic carbocycles. The molecule has 4 N–H and O–H groups in total. The Labute approximate surface area is 212 Å². The number of carboxylic acid groups (broad SMARTS) is 4. The minimum absolute atomic E-state index is 0. The van der Waals surface area contributed by atoms with Crippen LogP contribution in [0.15, 0.2) is 0 Å². The van der Waals surface area contributed by atoms with Gasteiger partial charge in [0.15, 0.2) is 0 Å². The first-order valence-corrected chi connectivity index (χ1v) is 10.8. The second-order valence-corrected chi connectivity index (χ2v) is 7.62. The van der Waals surface area contributed by atoms with E-state index < -0.39 is 61.1 Å². The van der Waals surface area contributed by atoms with E-state index in [1.54, 1.807) is 0 Å². The van der Waals surface area contributed by atoms with Crippen molar-refractivity contribution in [2.24, 2.45) is 0 Å². The number of rotatable bonds is 19. The molecule has 180 valence electrons. The number of amides is 1. The van der Waals surface area contributed by atoms with Crippen molar-refractivity contribution in [3.05, 3.63) is 0 Å². The van der Waals surface area contributed by atoms with Crippen LogP contribution in [0.1, 0.15) is 91.8 Å². The van der Waals surface area contributed by atoms with Crippen molar-refractivity contribution in [1.82, 2.24) is 4.90 Å². The fourth-order valence-corrected chi connectivity index (χ4v) is 3.39. The van der Waals surface area contributed by atoms with Crippen LogP contribution in [0, 0.1) is 0 Å². The van der Waals surface area contributed by atoms with Gasteiger partial charge in [-0.15, -0.1) is 0 Å². The van der Waals surface area contributed by atoms with Gasteiger partial charge in [0, 0.05) is 12.8 Å². The second kappa shape index (κ2) is 18.9. The van der Waals surface area contributed by atoms with E-state index in [9.17, 15) is 34.2 Å². The average molecular weight is 470 g/mol. The van der Waals surface area contributed by atoms with Crippen molar-refractivity contribution in [3.63, 3.8) is 0 Å². The molecule has 0 spiro atoms. The Hall–Kier alpha value is -1.65. The Morgan fingerprint density at radius 2 is 1.16 bits per heavy atom. The molecule has 0 aliphatic rings. The van der Waals surface area contributed by atoms with Crippen molar-refractivity contribution in [3.8, 4) is 0 Å². The molecular formula is C21H36NNaO9. The van der Waals surface area contributed by atoms with Crippen LogP contribution in [0.2, 0.25) is 0 Å².